The van der Waals surface area contributed by atoms with E-state index in [0.29, 0.717) is 29.9 Å². The first-order chi connectivity index (χ1) is 18.5. The first-order valence-electron chi connectivity index (χ1n) is 12.7. The first-order valence-corrected chi connectivity index (χ1v) is 12.7. The number of carbonyl (C=O) groups is 1. The van der Waals surface area contributed by atoms with E-state index in [1.807, 2.05) is 36.4 Å². The molecule has 0 spiro atoms. The van der Waals surface area contributed by atoms with E-state index < -0.39 is 30.2 Å². The average Bonchev–Trinajstić information content (AvgIpc) is 3.49. The number of hydrogen-bond donors (Lipinski definition) is 6. The number of amides is 1. The third-order valence-electron chi connectivity index (χ3n) is 6.99. The molecule has 0 aliphatic heterocycles. The van der Waals surface area contributed by atoms with E-state index in [2.05, 4.69) is 49.9 Å². The Bertz CT molecular complexity index is 1340. The number of benzene rings is 2. The van der Waals surface area contributed by atoms with Crippen molar-refractivity contribution in [2.75, 3.05) is 25.0 Å². The summed E-state index contributed by atoms with van der Waals surface area (Å²) in [6.45, 7) is 1.03. The molecule has 1 saturated carbocycles. The molecule has 4 atom stereocenters. The van der Waals surface area contributed by atoms with Gasteiger partial charge in [-0.15, -0.1) is 0 Å². The number of aliphatic hydroxyl groups excluding tert-OH is 2. The summed E-state index contributed by atoms with van der Waals surface area (Å²) in [6, 6.07) is 19.1. The molecule has 0 bridgehead atoms. The van der Waals surface area contributed by atoms with Gasteiger partial charge in [0.15, 0.2) is 11.5 Å². The molecule has 11 nitrogen and oxygen atoms in total. The van der Waals surface area contributed by atoms with Crippen LogP contribution in [0.25, 0.3) is 11.2 Å². The monoisotopic (exact) mass is 516 g/mol. The Balaban J connectivity index is 1.53. The zero-order valence-corrected chi connectivity index (χ0v) is 20.8. The Morgan fingerprint density at radius 3 is 2.26 bits per heavy atom. The summed E-state index contributed by atoms with van der Waals surface area (Å²) in [5.41, 5.74) is 14.6. The molecule has 0 unspecified atom stereocenters. The summed E-state index contributed by atoms with van der Waals surface area (Å²) in [6.07, 6.45) is -0.291. The second-order valence-corrected chi connectivity index (χ2v) is 9.47. The number of aliphatic hydroxyl groups is 2. The number of fused-ring (bicyclic) bond motifs is 1. The number of carbonyl (C=O) groups excluding carboxylic acids is 1. The zero-order valence-electron chi connectivity index (χ0n) is 20.8. The highest BCUT2D eigenvalue weighted by Gasteiger charge is 2.41. The smallest absolute Gasteiger partial charge is 0.289 e. The summed E-state index contributed by atoms with van der Waals surface area (Å²) < 4.78 is 1.66. The maximum absolute atomic E-state index is 12.8. The Hall–Kier alpha value is -3.90. The van der Waals surface area contributed by atoms with Crippen molar-refractivity contribution in [1.29, 1.82) is 0 Å². The van der Waals surface area contributed by atoms with Crippen LogP contribution in [-0.4, -0.2) is 73.5 Å². The Kier molecular flexibility index (Phi) is 7.61. The molecule has 1 aliphatic carbocycles. The fourth-order valence-corrected chi connectivity index (χ4v) is 4.96. The number of aromatic nitrogens is 4. The topological polar surface area (TPSA) is 177 Å². The molecule has 0 radical (unpaired) electrons. The van der Waals surface area contributed by atoms with E-state index in [9.17, 15) is 15.0 Å². The minimum absolute atomic E-state index is 0.00353. The van der Waals surface area contributed by atoms with Gasteiger partial charge in [0.2, 0.25) is 5.82 Å². The van der Waals surface area contributed by atoms with Gasteiger partial charge in [0.25, 0.3) is 5.91 Å². The number of hydrogen-bond acceptors (Lipinski definition) is 9. The van der Waals surface area contributed by atoms with Gasteiger partial charge in [-0.2, -0.15) is 0 Å². The fraction of sp³-hybridized carbons (Fsp3) is 0.333. The molecular formula is C27H32N8O3. The van der Waals surface area contributed by atoms with Crippen molar-refractivity contribution in [3.8, 4) is 0 Å². The predicted octanol–water partition coefficient (Wildman–Crippen LogP) is 0.753. The molecule has 2 aromatic heterocycles. The van der Waals surface area contributed by atoms with Crippen LogP contribution in [0.5, 0.6) is 0 Å². The lowest BCUT2D eigenvalue weighted by Gasteiger charge is -2.20. The molecule has 4 aromatic rings. The van der Waals surface area contributed by atoms with Crippen molar-refractivity contribution in [3.05, 3.63) is 83.9 Å². The van der Waals surface area contributed by atoms with Gasteiger partial charge in [0.05, 0.1) is 18.5 Å². The van der Waals surface area contributed by atoms with Crippen LogP contribution >= 0.6 is 0 Å². The minimum Gasteiger partial charge on any atom is -0.389 e. The quantitative estimate of drug-likeness (QED) is 0.187. The number of imidazole rings is 1. The molecule has 5 rings (SSSR count). The summed E-state index contributed by atoms with van der Waals surface area (Å²) >= 11 is 0. The van der Waals surface area contributed by atoms with Gasteiger partial charge in [0.1, 0.15) is 11.6 Å². The molecule has 2 heterocycles. The van der Waals surface area contributed by atoms with E-state index in [4.69, 9.17) is 11.5 Å². The summed E-state index contributed by atoms with van der Waals surface area (Å²) in [4.78, 5) is 26.4. The molecule has 2 aromatic carbocycles. The number of nitrogens with one attached hydrogen (secondary N) is 2. The van der Waals surface area contributed by atoms with Crippen molar-refractivity contribution >= 4 is 22.9 Å². The minimum atomic E-state index is -1.09. The van der Waals surface area contributed by atoms with Gasteiger partial charge in [-0.25, -0.2) is 15.0 Å². The summed E-state index contributed by atoms with van der Waals surface area (Å²) in [5, 5.41) is 27.0. The van der Waals surface area contributed by atoms with Crippen LogP contribution in [-0.2, 0) is 0 Å². The lowest BCUT2D eigenvalue weighted by Crippen LogP contribution is -2.35. The van der Waals surface area contributed by atoms with E-state index in [1.54, 1.807) is 4.57 Å². The molecule has 198 valence electrons. The van der Waals surface area contributed by atoms with E-state index >= 15 is 0 Å². The van der Waals surface area contributed by atoms with Crippen LogP contribution in [0.1, 0.15) is 40.1 Å². The van der Waals surface area contributed by atoms with Crippen LogP contribution in [0.2, 0.25) is 0 Å². The molecule has 11 heteroatoms. The van der Waals surface area contributed by atoms with E-state index in [0.717, 1.165) is 11.1 Å². The second-order valence-electron chi connectivity index (χ2n) is 9.47. The van der Waals surface area contributed by atoms with Gasteiger partial charge in [-0.05, 0) is 17.5 Å². The van der Waals surface area contributed by atoms with Crippen molar-refractivity contribution in [1.82, 2.24) is 24.8 Å². The van der Waals surface area contributed by atoms with Gasteiger partial charge >= 0.3 is 0 Å². The molecular weight excluding hydrogens is 484 g/mol. The van der Waals surface area contributed by atoms with Gasteiger partial charge < -0.3 is 36.9 Å². The van der Waals surface area contributed by atoms with Crippen LogP contribution in [0.4, 0.5) is 5.82 Å². The second kappa shape index (κ2) is 11.2. The third-order valence-corrected chi connectivity index (χ3v) is 6.99. The Morgan fingerprint density at radius 1 is 1.03 bits per heavy atom. The summed E-state index contributed by atoms with van der Waals surface area (Å²) in [7, 11) is 0. The standard InChI is InChI=1S/C27H32N8O3/c28-11-12-30-27(38)25-33-24(21-26(34-25)35(15-32-21)20-13-19(29)22(36)23(20)37)31-14-18(16-7-3-1-4-8-16)17-9-5-2-6-10-17/h1-10,15,18-20,22-23,36-37H,11-14,28-29H2,(H,30,38)(H,31,33,34)/t19-,20+,22+,23-/m0/s1. The molecule has 38 heavy (non-hydrogen) atoms. The van der Waals surface area contributed by atoms with Crippen LogP contribution in [0, 0.1) is 0 Å². The maximum atomic E-state index is 12.8. The first kappa shape index (κ1) is 25.7. The van der Waals surface area contributed by atoms with Gasteiger partial charge in [-0.3, -0.25) is 4.79 Å². The number of rotatable bonds is 9. The largest absolute Gasteiger partial charge is 0.389 e. The number of nitrogens with zero attached hydrogens (tertiary/aromatic N) is 4. The lowest BCUT2D eigenvalue weighted by atomic mass is 9.91. The molecule has 0 saturated heterocycles. The maximum Gasteiger partial charge on any atom is 0.289 e. The van der Waals surface area contributed by atoms with Crippen molar-refractivity contribution < 1.29 is 15.0 Å². The SMILES string of the molecule is NCCNC(=O)c1nc(NCC(c2ccccc2)c2ccccc2)c2ncn([C@@H]3C[C@H](N)[C@@H](O)[C@H]3O)c2n1. The highest BCUT2D eigenvalue weighted by Crippen LogP contribution is 2.33. The average molecular weight is 517 g/mol. The highest BCUT2D eigenvalue weighted by molar-refractivity contribution is 5.94. The third kappa shape index (κ3) is 5.09. The molecule has 1 fully saturated rings. The van der Waals surface area contributed by atoms with Crippen molar-refractivity contribution in [2.24, 2.45) is 11.5 Å². The zero-order chi connectivity index (χ0) is 26.6. The predicted molar refractivity (Wildman–Crippen MR) is 144 cm³/mol. The van der Waals surface area contributed by atoms with Crippen LogP contribution in [0.3, 0.4) is 0 Å². The van der Waals surface area contributed by atoms with E-state index in [1.165, 1.54) is 6.33 Å². The van der Waals surface area contributed by atoms with Crippen LogP contribution < -0.4 is 22.1 Å². The highest BCUT2D eigenvalue weighted by atomic mass is 16.3. The number of nitrogens with two attached hydrogens (primary N) is 2. The fourth-order valence-electron chi connectivity index (χ4n) is 4.96. The van der Waals surface area contributed by atoms with Crippen molar-refractivity contribution in [2.45, 2.75) is 36.6 Å². The van der Waals surface area contributed by atoms with Crippen LogP contribution in [0.15, 0.2) is 67.0 Å². The lowest BCUT2D eigenvalue weighted by molar-refractivity contribution is 0.0187. The normalized spacial score (nSPS) is 21.2. The van der Waals surface area contributed by atoms with Crippen molar-refractivity contribution in [3.63, 3.8) is 0 Å². The molecule has 8 N–H and O–H groups in total. The molecule has 1 amide bonds. The summed E-state index contributed by atoms with van der Waals surface area (Å²) in [5.74, 6) is -0.132. The molecule has 1 aliphatic rings. The van der Waals surface area contributed by atoms with Gasteiger partial charge in [0, 0.05) is 31.6 Å². The van der Waals surface area contributed by atoms with E-state index in [-0.39, 0.29) is 24.8 Å². The van der Waals surface area contributed by atoms with Gasteiger partial charge in [-0.1, -0.05) is 60.7 Å². The number of anilines is 1. The Morgan fingerprint density at radius 2 is 1.68 bits per heavy atom. The Labute approximate surface area is 219 Å².